The molecule has 2 aromatic carbocycles. The van der Waals surface area contributed by atoms with Gasteiger partial charge in [-0.25, -0.2) is 18.9 Å². The number of aromatic nitrogens is 4. The van der Waals surface area contributed by atoms with Gasteiger partial charge in [0.05, 0.1) is 12.7 Å². The topological polar surface area (TPSA) is 90.8 Å². The van der Waals surface area contributed by atoms with Gasteiger partial charge in [-0.05, 0) is 56.6 Å². The summed E-state index contributed by atoms with van der Waals surface area (Å²) in [4.78, 5) is 11.4. The van der Waals surface area contributed by atoms with Gasteiger partial charge in [-0.2, -0.15) is 5.10 Å². The summed E-state index contributed by atoms with van der Waals surface area (Å²) in [5.41, 5.74) is 7.47. The van der Waals surface area contributed by atoms with Crippen molar-refractivity contribution in [2.45, 2.75) is 31.3 Å². The fourth-order valence-corrected chi connectivity index (χ4v) is 4.81. The summed E-state index contributed by atoms with van der Waals surface area (Å²) in [6, 6.07) is 14.0. The van der Waals surface area contributed by atoms with E-state index in [0.717, 1.165) is 38.3 Å². The lowest BCUT2D eigenvalue weighted by atomic mass is 9.97. The number of halogens is 1. The number of benzene rings is 2. The molecular formula is C26H27FN6O2. The summed E-state index contributed by atoms with van der Waals surface area (Å²) >= 11 is 0. The van der Waals surface area contributed by atoms with Crippen molar-refractivity contribution in [3.8, 4) is 22.8 Å². The Morgan fingerprint density at radius 2 is 1.94 bits per heavy atom. The van der Waals surface area contributed by atoms with Crippen LogP contribution in [0.3, 0.4) is 0 Å². The summed E-state index contributed by atoms with van der Waals surface area (Å²) in [5.74, 6) is 1.60. The van der Waals surface area contributed by atoms with Gasteiger partial charge in [-0.3, -0.25) is 0 Å². The average molecular weight is 475 g/mol. The minimum absolute atomic E-state index is 0.0435. The van der Waals surface area contributed by atoms with Gasteiger partial charge in [-0.15, -0.1) is 0 Å². The summed E-state index contributed by atoms with van der Waals surface area (Å²) in [6.45, 7) is 3.86. The smallest absolute Gasteiger partial charge is 0.153 e. The second-order valence-corrected chi connectivity index (χ2v) is 9.16. The predicted molar refractivity (Wildman–Crippen MR) is 130 cm³/mol. The van der Waals surface area contributed by atoms with Gasteiger partial charge in [0.25, 0.3) is 0 Å². The molecule has 2 saturated heterocycles. The second kappa shape index (κ2) is 9.24. The zero-order chi connectivity index (χ0) is 23.8. The number of fused-ring (bicyclic) bond motifs is 1. The minimum atomic E-state index is -0.456. The molecule has 2 N–H and O–H groups in total. The molecule has 2 fully saturated rings. The Labute approximate surface area is 202 Å². The molecule has 2 aliphatic rings. The number of nitrogen functional groups attached to an aromatic ring is 1. The highest BCUT2D eigenvalue weighted by Crippen LogP contribution is 2.36. The van der Waals surface area contributed by atoms with Crippen LogP contribution in [0.2, 0.25) is 0 Å². The lowest BCUT2D eigenvalue weighted by molar-refractivity contribution is -0.0272. The zero-order valence-electron chi connectivity index (χ0n) is 19.3. The Balaban J connectivity index is 1.29. The third-order valence-electron chi connectivity index (χ3n) is 6.81. The fourth-order valence-electron chi connectivity index (χ4n) is 4.81. The van der Waals surface area contributed by atoms with Crippen LogP contribution >= 0.6 is 0 Å². The van der Waals surface area contributed by atoms with Gasteiger partial charge in [0.1, 0.15) is 40.7 Å². The van der Waals surface area contributed by atoms with Crippen molar-refractivity contribution in [1.82, 2.24) is 24.5 Å². The maximum atomic E-state index is 15.3. The molecule has 2 atom stereocenters. The number of nitrogens with zero attached hydrogens (tertiary/aromatic N) is 5. The summed E-state index contributed by atoms with van der Waals surface area (Å²) in [6.07, 6.45) is 4.79. The number of para-hydroxylation sites is 1. The Morgan fingerprint density at radius 1 is 1.09 bits per heavy atom. The van der Waals surface area contributed by atoms with Gasteiger partial charge in [0.2, 0.25) is 0 Å². The highest BCUT2D eigenvalue weighted by molar-refractivity contribution is 5.85. The van der Waals surface area contributed by atoms with Crippen LogP contribution in [0.25, 0.3) is 16.8 Å². The standard InChI is InChI=1S/C26H27FN6O2/c27-22-13-19(35-18-5-2-1-3-6-18)9-10-21(22)23-24-25(28)29-16-30-33(24)26(31-23)17-7-8-20(34-15-17)14-32-11-4-12-32/h1-3,5-6,9-10,13,16-17,20H,4,7-8,11-12,14-15H2,(H2,28,29,30)/t17-,20-/m1/s1. The van der Waals surface area contributed by atoms with Crippen LogP contribution in [0.5, 0.6) is 11.5 Å². The molecule has 35 heavy (non-hydrogen) atoms. The summed E-state index contributed by atoms with van der Waals surface area (Å²) < 4.78 is 29.0. The summed E-state index contributed by atoms with van der Waals surface area (Å²) in [7, 11) is 0. The monoisotopic (exact) mass is 474 g/mol. The lowest BCUT2D eigenvalue weighted by Gasteiger charge is -2.36. The van der Waals surface area contributed by atoms with Crippen LogP contribution in [0.15, 0.2) is 54.9 Å². The molecule has 4 aromatic rings. The molecule has 2 aromatic heterocycles. The molecule has 0 aliphatic carbocycles. The number of ether oxygens (including phenoxy) is 2. The van der Waals surface area contributed by atoms with Gasteiger partial charge in [0, 0.05) is 24.1 Å². The first kappa shape index (κ1) is 21.9. The van der Waals surface area contributed by atoms with E-state index in [1.807, 2.05) is 30.3 Å². The van der Waals surface area contributed by atoms with E-state index in [1.54, 1.807) is 16.6 Å². The third-order valence-corrected chi connectivity index (χ3v) is 6.81. The van der Waals surface area contributed by atoms with Crippen molar-refractivity contribution in [2.24, 2.45) is 0 Å². The minimum Gasteiger partial charge on any atom is -0.457 e. The number of nitrogens with two attached hydrogens (primary N) is 1. The largest absolute Gasteiger partial charge is 0.457 e. The Hall–Kier alpha value is -3.56. The molecule has 0 bridgehead atoms. The summed E-state index contributed by atoms with van der Waals surface area (Å²) in [5, 5.41) is 4.41. The fraction of sp³-hybridized carbons (Fsp3) is 0.346. The van der Waals surface area contributed by atoms with E-state index in [2.05, 4.69) is 15.0 Å². The maximum Gasteiger partial charge on any atom is 0.153 e. The quantitative estimate of drug-likeness (QED) is 0.446. The number of rotatable bonds is 6. The highest BCUT2D eigenvalue weighted by atomic mass is 19.1. The van der Waals surface area contributed by atoms with Crippen LogP contribution in [-0.2, 0) is 4.74 Å². The third kappa shape index (κ3) is 4.33. The SMILES string of the molecule is Nc1ncnn2c([C@@H]3CC[C@H](CN4CCC4)OC3)nc(-c3ccc(Oc4ccccc4)cc3F)c12. The van der Waals surface area contributed by atoms with Crippen molar-refractivity contribution in [1.29, 1.82) is 0 Å². The van der Waals surface area contributed by atoms with E-state index >= 15 is 4.39 Å². The normalized spacial score (nSPS) is 20.6. The molecule has 8 nitrogen and oxygen atoms in total. The first-order valence-electron chi connectivity index (χ1n) is 12.0. The molecule has 0 spiro atoms. The first-order valence-corrected chi connectivity index (χ1v) is 12.0. The van der Waals surface area contributed by atoms with Crippen molar-refractivity contribution >= 4 is 11.3 Å². The lowest BCUT2D eigenvalue weighted by Crippen LogP contribution is -2.44. The number of likely N-dealkylation sites (tertiary alicyclic amines) is 1. The van der Waals surface area contributed by atoms with Gasteiger partial charge in [0.15, 0.2) is 5.82 Å². The van der Waals surface area contributed by atoms with Crippen LogP contribution < -0.4 is 10.5 Å². The van der Waals surface area contributed by atoms with Crippen LogP contribution in [-0.4, -0.2) is 56.8 Å². The number of imidazole rings is 1. The van der Waals surface area contributed by atoms with Gasteiger partial charge >= 0.3 is 0 Å². The Morgan fingerprint density at radius 3 is 2.66 bits per heavy atom. The maximum absolute atomic E-state index is 15.3. The molecule has 0 unspecified atom stereocenters. The number of hydrogen-bond donors (Lipinski definition) is 1. The molecule has 2 aliphatic heterocycles. The molecule has 4 heterocycles. The first-order chi connectivity index (χ1) is 17.2. The molecule has 0 radical (unpaired) electrons. The van der Waals surface area contributed by atoms with Crippen molar-refractivity contribution in [2.75, 3.05) is 32.0 Å². The predicted octanol–water partition coefficient (Wildman–Crippen LogP) is 4.27. The van der Waals surface area contributed by atoms with Crippen LogP contribution in [0.4, 0.5) is 10.2 Å². The van der Waals surface area contributed by atoms with Gasteiger partial charge < -0.3 is 20.1 Å². The van der Waals surface area contributed by atoms with Crippen molar-refractivity contribution < 1.29 is 13.9 Å². The van der Waals surface area contributed by atoms with Gasteiger partial charge in [-0.1, -0.05) is 18.2 Å². The van der Waals surface area contributed by atoms with Crippen LogP contribution in [0, 0.1) is 5.82 Å². The molecule has 0 saturated carbocycles. The molecule has 180 valence electrons. The Kier molecular flexibility index (Phi) is 5.79. The molecule has 9 heteroatoms. The Bertz CT molecular complexity index is 1330. The zero-order valence-corrected chi connectivity index (χ0v) is 19.3. The number of hydrogen-bond acceptors (Lipinski definition) is 7. The number of anilines is 1. The average Bonchev–Trinajstić information content (AvgIpc) is 3.23. The van der Waals surface area contributed by atoms with E-state index in [9.17, 15) is 0 Å². The molecular weight excluding hydrogens is 447 g/mol. The van der Waals surface area contributed by atoms with Crippen LogP contribution in [0.1, 0.15) is 31.0 Å². The van der Waals surface area contributed by atoms with Crippen molar-refractivity contribution in [3.63, 3.8) is 0 Å². The van der Waals surface area contributed by atoms with E-state index in [0.29, 0.717) is 34.9 Å². The highest BCUT2D eigenvalue weighted by Gasteiger charge is 2.30. The second-order valence-electron chi connectivity index (χ2n) is 9.16. The van der Waals surface area contributed by atoms with Crippen molar-refractivity contribution in [3.05, 3.63) is 66.5 Å². The molecule has 6 rings (SSSR count). The molecule has 0 amide bonds. The van der Waals surface area contributed by atoms with E-state index in [4.69, 9.17) is 20.2 Å². The van der Waals surface area contributed by atoms with E-state index in [1.165, 1.54) is 18.8 Å². The van der Waals surface area contributed by atoms with E-state index in [-0.39, 0.29) is 17.8 Å². The van der Waals surface area contributed by atoms with E-state index < -0.39 is 5.82 Å².